The van der Waals surface area contributed by atoms with Crippen LogP contribution in [-0.2, 0) is 0 Å². The van der Waals surface area contributed by atoms with Crippen molar-refractivity contribution in [1.82, 2.24) is 15.2 Å². The number of rotatable bonds is 1. The van der Waals surface area contributed by atoms with Gasteiger partial charge < -0.3 is 4.98 Å². The van der Waals surface area contributed by atoms with Gasteiger partial charge in [-0.3, -0.25) is 9.89 Å². The van der Waals surface area contributed by atoms with E-state index in [4.69, 9.17) is 0 Å². The van der Waals surface area contributed by atoms with Crippen LogP contribution < -0.4 is 0 Å². The topological polar surface area (TPSA) is 61.5 Å². The summed E-state index contributed by atoms with van der Waals surface area (Å²) in [4.78, 5) is 13.1. The van der Waals surface area contributed by atoms with E-state index in [-0.39, 0.29) is 0 Å². The standard InChI is InChI=1S/C6H5N3O/c10-3-6-4-1-8-9-5(4)2-7-6/h1-3,7,9H. The van der Waals surface area contributed by atoms with E-state index in [9.17, 15) is 4.79 Å². The quantitative estimate of drug-likeness (QED) is 0.565. The predicted molar refractivity (Wildman–Crippen MR) is 35.8 cm³/mol. The Morgan fingerprint density at radius 3 is 3.30 bits per heavy atom. The van der Waals surface area contributed by atoms with Gasteiger partial charge in [0.1, 0.15) is 0 Å². The van der Waals surface area contributed by atoms with Crippen LogP contribution in [0.25, 0.3) is 10.9 Å². The van der Waals surface area contributed by atoms with Crippen molar-refractivity contribution < 1.29 is 4.79 Å². The van der Waals surface area contributed by atoms with Crippen LogP contribution in [0.4, 0.5) is 0 Å². The molecule has 0 aliphatic carbocycles. The molecule has 50 valence electrons. The second-order valence-corrected chi connectivity index (χ2v) is 2.02. The summed E-state index contributed by atoms with van der Waals surface area (Å²) in [6, 6.07) is 0. The molecule has 0 aliphatic heterocycles. The van der Waals surface area contributed by atoms with Gasteiger partial charge in [0.05, 0.1) is 17.4 Å². The Hall–Kier alpha value is -1.58. The van der Waals surface area contributed by atoms with Gasteiger partial charge >= 0.3 is 0 Å². The van der Waals surface area contributed by atoms with Gasteiger partial charge in [0.2, 0.25) is 0 Å². The van der Waals surface area contributed by atoms with E-state index in [0.717, 1.165) is 17.2 Å². The van der Waals surface area contributed by atoms with Gasteiger partial charge in [-0.15, -0.1) is 0 Å². The number of nitrogens with one attached hydrogen (secondary N) is 2. The molecule has 0 aliphatic rings. The molecule has 10 heavy (non-hydrogen) atoms. The summed E-state index contributed by atoms with van der Waals surface area (Å²) < 4.78 is 0. The Morgan fingerprint density at radius 1 is 1.60 bits per heavy atom. The minimum Gasteiger partial charge on any atom is -0.356 e. The van der Waals surface area contributed by atoms with E-state index < -0.39 is 0 Å². The fourth-order valence-corrected chi connectivity index (χ4v) is 0.946. The number of aromatic nitrogens is 3. The highest BCUT2D eigenvalue weighted by Crippen LogP contribution is 2.11. The first-order valence-corrected chi connectivity index (χ1v) is 2.87. The Morgan fingerprint density at radius 2 is 2.50 bits per heavy atom. The number of hydrogen-bond acceptors (Lipinski definition) is 2. The van der Waals surface area contributed by atoms with E-state index in [1.165, 1.54) is 0 Å². The summed E-state index contributed by atoms with van der Waals surface area (Å²) in [5, 5.41) is 7.34. The van der Waals surface area contributed by atoms with Crippen LogP contribution in [0.15, 0.2) is 12.4 Å². The van der Waals surface area contributed by atoms with Crippen molar-refractivity contribution in [3.8, 4) is 0 Å². The fraction of sp³-hybridized carbons (Fsp3) is 0. The normalized spacial score (nSPS) is 10.4. The van der Waals surface area contributed by atoms with Crippen molar-refractivity contribution in [2.75, 3.05) is 0 Å². The zero-order chi connectivity index (χ0) is 6.97. The number of nitrogens with zero attached hydrogens (tertiary/aromatic N) is 1. The van der Waals surface area contributed by atoms with Gasteiger partial charge in [0.25, 0.3) is 0 Å². The van der Waals surface area contributed by atoms with E-state index in [2.05, 4.69) is 15.2 Å². The molecule has 0 unspecified atom stereocenters. The number of aromatic amines is 2. The van der Waals surface area contributed by atoms with Gasteiger partial charge in [-0.05, 0) is 0 Å². The molecular weight excluding hydrogens is 130 g/mol. The minimum atomic E-state index is 0.573. The largest absolute Gasteiger partial charge is 0.356 e. The van der Waals surface area contributed by atoms with Crippen molar-refractivity contribution in [1.29, 1.82) is 0 Å². The number of fused-ring (bicyclic) bond motifs is 1. The molecule has 2 aromatic heterocycles. The first-order chi connectivity index (χ1) is 4.92. The molecule has 0 fully saturated rings. The monoisotopic (exact) mass is 135 g/mol. The van der Waals surface area contributed by atoms with E-state index >= 15 is 0 Å². The molecule has 0 spiro atoms. The highest BCUT2D eigenvalue weighted by Gasteiger charge is 2.01. The Balaban J connectivity index is 2.88. The molecule has 2 N–H and O–H groups in total. The van der Waals surface area contributed by atoms with Gasteiger partial charge in [0, 0.05) is 11.6 Å². The maximum atomic E-state index is 10.3. The summed E-state index contributed by atoms with van der Waals surface area (Å²) in [5.74, 6) is 0. The smallest absolute Gasteiger partial charge is 0.166 e. The van der Waals surface area contributed by atoms with Crippen LogP contribution in [0.2, 0.25) is 0 Å². The first kappa shape index (κ1) is 5.22. The molecule has 4 nitrogen and oxygen atoms in total. The third kappa shape index (κ3) is 0.500. The molecule has 0 saturated heterocycles. The van der Waals surface area contributed by atoms with Gasteiger partial charge in [-0.2, -0.15) is 5.10 Å². The van der Waals surface area contributed by atoms with Gasteiger partial charge in [0.15, 0.2) is 6.29 Å². The molecule has 2 aromatic rings. The fourth-order valence-electron chi connectivity index (χ4n) is 0.946. The van der Waals surface area contributed by atoms with Crippen LogP contribution in [-0.4, -0.2) is 21.5 Å². The second-order valence-electron chi connectivity index (χ2n) is 2.02. The lowest BCUT2D eigenvalue weighted by Gasteiger charge is -1.75. The highest BCUT2D eigenvalue weighted by atomic mass is 16.1. The van der Waals surface area contributed by atoms with Crippen LogP contribution in [0.1, 0.15) is 10.5 Å². The van der Waals surface area contributed by atoms with Gasteiger partial charge in [-0.25, -0.2) is 0 Å². The highest BCUT2D eigenvalue weighted by molar-refractivity contribution is 5.94. The third-order valence-electron chi connectivity index (χ3n) is 1.45. The van der Waals surface area contributed by atoms with Crippen molar-refractivity contribution in [2.24, 2.45) is 0 Å². The van der Waals surface area contributed by atoms with Gasteiger partial charge in [-0.1, -0.05) is 0 Å². The second kappa shape index (κ2) is 1.70. The van der Waals surface area contributed by atoms with Crippen LogP contribution >= 0.6 is 0 Å². The third-order valence-corrected chi connectivity index (χ3v) is 1.45. The molecular formula is C6H5N3O. The molecule has 0 radical (unpaired) electrons. The molecule has 2 heterocycles. The Kier molecular flexibility index (Phi) is 0.887. The van der Waals surface area contributed by atoms with Crippen LogP contribution in [0, 0.1) is 0 Å². The van der Waals surface area contributed by atoms with Crippen molar-refractivity contribution >= 4 is 17.2 Å². The number of H-pyrrole nitrogens is 2. The number of aldehydes is 1. The number of carbonyl (C=O) groups is 1. The Bertz CT molecular complexity index is 360. The SMILES string of the molecule is O=Cc1[nH]cc2[nH]ncc12. The molecule has 2 rings (SSSR count). The predicted octanol–water partition coefficient (Wildman–Crippen LogP) is 0.703. The number of carbonyl (C=O) groups excluding carboxylic acids is 1. The molecule has 0 saturated carbocycles. The first-order valence-electron chi connectivity index (χ1n) is 2.87. The lowest BCUT2D eigenvalue weighted by Crippen LogP contribution is -1.75. The summed E-state index contributed by atoms with van der Waals surface area (Å²) in [5.41, 5.74) is 1.44. The number of hydrogen-bond donors (Lipinski definition) is 2. The summed E-state index contributed by atoms with van der Waals surface area (Å²) in [6.45, 7) is 0. The summed E-state index contributed by atoms with van der Waals surface area (Å²) in [7, 11) is 0. The van der Waals surface area contributed by atoms with E-state index in [1.54, 1.807) is 12.4 Å². The molecule has 0 aromatic carbocycles. The van der Waals surface area contributed by atoms with Crippen molar-refractivity contribution in [3.05, 3.63) is 18.1 Å². The summed E-state index contributed by atoms with van der Waals surface area (Å²) in [6.07, 6.45) is 4.11. The Labute approximate surface area is 56.2 Å². The molecule has 4 heteroatoms. The average molecular weight is 135 g/mol. The van der Waals surface area contributed by atoms with Crippen LogP contribution in [0.3, 0.4) is 0 Å². The van der Waals surface area contributed by atoms with E-state index in [0.29, 0.717) is 5.69 Å². The maximum absolute atomic E-state index is 10.3. The molecule has 0 amide bonds. The average Bonchev–Trinajstić information content (AvgIpc) is 2.44. The zero-order valence-electron chi connectivity index (χ0n) is 5.09. The lowest BCUT2D eigenvalue weighted by molar-refractivity contribution is 0.112. The lowest BCUT2D eigenvalue weighted by atomic mass is 10.3. The zero-order valence-corrected chi connectivity index (χ0v) is 5.09. The van der Waals surface area contributed by atoms with Crippen molar-refractivity contribution in [3.63, 3.8) is 0 Å². The summed E-state index contributed by atoms with van der Waals surface area (Å²) >= 11 is 0. The molecule has 0 bridgehead atoms. The van der Waals surface area contributed by atoms with Crippen LogP contribution in [0.5, 0.6) is 0 Å². The maximum Gasteiger partial charge on any atom is 0.166 e. The minimum absolute atomic E-state index is 0.573. The van der Waals surface area contributed by atoms with E-state index in [1.807, 2.05) is 0 Å². The van der Waals surface area contributed by atoms with Crippen molar-refractivity contribution in [2.45, 2.75) is 0 Å². The molecule has 0 atom stereocenters.